The zero-order chi connectivity index (χ0) is 42.5. The zero-order valence-corrected chi connectivity index (χ0v) is 39.2. The van der Waals surface area contributed by atoms with E-state index in [0.29, 0.717) is 18.4 Å². The molecule has 10 nitrogen and oxygen atoms in total. The molecule has 324 valence electrons. The Morgan fingerprint density at radius 2 is 1.52 bits per heavy atom. The van der Waals surface area contributed by atoms with Crippen LogP contribution in [0.3, 0.4) is 0 Å². The van der Waals surface area contributed by atoms with Gasteiger partial charge in [-0.15, -0.1) is 0 Å². The Labute approximate surface area is 350 Å². The lowest BCUT2D eigenvalue weighted by molar-refractivity contribution is -0.360. The fourth-order valence-corrected chi connectivity index (χ4v) is 17.5. The summed E-state index contributed by atoms with van der Waals surface area (Å²) in [6.07, 6.45) is -1.76. The van der Waals surface area contributed by atoms with Gasteiger partial charge in [-0.2, -0.15) is 0 Å². The molecule has 12 heteroatoms. The highest BCUT2D eigenvalue weighted by Gasteiger charge is 2.79. The number of aliphatic hydroxyl groups is 1. The van der Waals surface area contributed by atoms with E-state index in [-0.39, 0.29) is 25.4 Å². The lowest BCUT2D eigenvalue weighted by Gasteiger charge is -2.70. The van der Waals surface area contributed by atoms with Crippen LogP contribution in [0.15, 0.2) is 54.1 Å². The second-order valence-corrected chi connectivity index (χ2v) is 28.0. The number of esters is 2. The van der Waals surface area contributed by atoms with E-state index < -0.39 is 93.5 Å². The van der Waals surface area contributed by atoms with Crippen molar-refractivity contribution in [2.75, 3.05) is 6.61 Å². The third-order valence-corrected chi connectivity index (χ3v) is 25.2. The van der Waals surface area contributed by atoms with Crippen LogP contribution in [0, 0.1) is 16.7 Å². The standard InChI is InChI=1S/C46H72O10Si2/c1-13-24-35(47)54-45-29-50-34(45)27-33(56-58(18-6,19-7)20-8)44(12)39(45)41(53-42(48)31-25-22-21-23-26-31)46(49)28-32(55-57(15-3,16-4)17-5)30(9)37(43(46,10)11)38-40(44)52-36(14-2)51-38/h14,21-23,25-26,32-34,36,38-41,49H,2,13,15-20,24,27-29H2,1,3-12H3/t32-,33-,34+,36?,38+,39-,40+,41-,44+,45-,46+/m0/s1. The van der Waals surface area contributed by atoms with Crippen LogP contribution in [0.4, 0.5) is 0 Å². The third kappa shape index (κ3) is 7.07. The number of rotatable bonds is 16. The van der Waals surface area contributed by atoms with Gasteiger partial charge in [-0.3, -0.25) is 4.79 Å². The van der Waals surface area contributed by atoms with Crippen LogP contribution in [0.5, 0.6) is 0 Å². The Hall–Kier alpha value is -2.17. The summed E-state index contributed by atoms with van der Waals surface area (Å²) in [4.78, 5) is 28.7. The number of carbonyl (C=O) groups excluding carboxylic acids is 2. The van der Waals surface area contributed by atoms with Crippen molar-refractivity contribution in [1.82, 2.24) is 0 Å². The van der Waals surface area contributed by atoms with E-state index in [2.05, 4.69) is 62.0 Å². The first kappa shape index (κ1) is 45.4. The van der Waals surface area contributed by atoms with E-state index in [4.69, 9.17) is 32.5 Å². The van der Waals surface area contributed by atoms with E-state index in [1.165, 1.54) is 0 Å². The second kappa shape index (κ2) is 16.9. The number of hydrogen-bond acceptors (Lipinski definition) is 10. The first-order valence-corrected chi connectivity index (χ1v) is 27.4. The van der Waals surface area contributed by atoms with E-state index >= 15 is 0 Å². The highest BCUT2D eigenvalue weighted by molar-refractivity contribution is 6.74. The summed E-state index contributed by atoms with van der Waals surface area (Å²) < 4.78 is 49.3. The van der Waals surface area contributed by atoms with Crippen molar-refractivity contribution in [1.29, 1.82) is 0 Å². The van der Waals surface area contributed by atoms with Crippen molar-refractivity contribution in [2.45, 2.75) is 192 Å². The summed E-state index contributed by atoms with van der Waals surface area (Å²) in [7, 11) is -4.62. The maximum absolute atomic E-state index is 14.7. The van der Waals surface area contributed by atoms with Gasteiger partial charge in [-0.1, -0.05) is 94.0 Å². The topological polar surface area (TPSA) is 119 Å². The molecule has 0 spiro atoms. The summed E-state index contributed by atoms with van der Waals surface area (Å²) in [6, 6.07) is 14.4. The van der Waals surface area contributed by atoms with Crippen molar-refractivity contribution in [3.05, 3.63) is 59.7 Å². The molecular formula is C46H72O10Si2. The lowest BCUT2D eigenvalue weighted by Crippen LogP contribution is -2.82. The van der Waals surface area contributed by atoms with Crippen molar-refractivity contribution < 1.29 is 47.2 Å². The predicted molar refractivity (Wildman–Crippen MR) is 229 cm³/mol. The molecular weight excluding hydrogens is 769 g/mol. The predicted octanol–water partition coefficient (Wildman–Crippen LogP) is 9.29. The molecule has 4 fully saturated rings. The molecule has 1 unspecified atom stereocenters. The van der Waals surface area contributed by atoms with Crippen molar-refractivity contribution >= 4 is 28.6 Å². The van der Waals surface area contributed by atoms with Gasteiger partial charge in [0.25, 0.3) is 0 Å². The minimum absolute atomic E-state index is 0.0796. The fraction of sp³-hybridized carbons (Fsp3) is 0.739. The van der Waals surface area contributed by atoms with Gasteiger partial charge in [-0.25, -0.2) is 4.79 Å². The van der Waals surface area contributed by atoms with E-state index in [0.717, 1.165) is 47.4 Å². The number of hydrogen-bond donors (Lipinski definition) is 1. The monoisotopic (exact) mass is 840 g/mol. The molecule has 6 rings (SSSR count). The summed E-state index contributed by atoms with van der Waals surface area (Å²) in [5.41, 5.74) is -2.86. The first-order valence-electron chi connectivity index (χ1n) is 22.3. The van der Waals surface area contributed by atoms with Gasteiger partial charge in [-0.05, 0) is 79.0 Å². The minimum atomic E-state index is -2.35. The van der Waals surface area contributed by atoms with Gasteiger partial charge in [0.15, 0.2) is 28.5 Å². The van der Waals surface area contributed by atoms with Gasteiger partial charge < -0.3 is 37.6 Å². The summed E-state index contributed by atoms with van der Waals surface area (Å²) in [6.45, 7) is 27.7. The van der Waals surface area contributed by atoms with Gasteiger partial charge in [0.2, 0.25) is 0 Å². The van der Waals surface area contributed by atoms with E-state index in [9.17, 15) is 14.7 Å². The Bertz CT molecular complexity index is 1670. The number of benzene rings is 1. The Morgan fingerprint density at radius 1 is 0.914 bits per heavy atom. The lowest BCUT2D eigenvalue weighted by atomic mass is 9.44. The molecule has 2 heterocycles. The molecule has 5 aliphatic rings. The van der Waals surface area contributed by atoms with Crippen LogP contribution in [0.1, 0.15) is 112 Å². The molecule has 1 aromatic carbocycles. The van der Waals surface area contributed by atoms with E-state index in [1.807, 2.05) is 26.8 Å². The van der Waals surface area contributed by atoms with Crippen LogP contribution < -0.4 is 0 Å². The summed E-state index contributed by atoms with van der Waals surface area (Å²) >= 11 is 0. The first-order chi connectivity index (χ1) is 27.5. The highest BCUT2D eigenvalue weighted by atomic mass is 28.4. The molecule has 2 saturated heterocycles. The molecule has 0 aromatic heterocycles. The zero-order valence-electron chi connectivity index (χ0n) is 37.2. The van der Waals surface area contributed by atoms with Crippen LogP contribution in [-0.4, -0.2) is 94.4 Å². The number of fused-ring (bicyclic) bond motifs is 8. The summed E-state index contributed by atoms with van der Waals surface area (Å²) in [5, 5.41) is 14.2. The average Bonchev–Trinajstić information content (AvgIpc) is 3.65. The van der Waals surface area contributed by atoms with Crippen molar-refractivity contribution in [3.8, 4) is 0 Å². The molecule has 58 heavy (non-hydrogen) atoms. The minimum Gasteiger partial charge on any atom is -0.455 e. The van der Waals surface area contributed by atoms with Crippen LogP contribution in [0.2, 0.25) is 36.3 Å². The molecule has 2 saturated carbocycles. The van der Waals surface area contributed by atoms with Crippen molar-refractivity contribution in [3.63, 3.8) is 0 Å². The molecule has 0 radical (unpaired) electrons. The van der Waals surface area contributed by atoms with Crippen LogP contribution >= 0.6 is 0 Å². The van der Waals surface area contributed by atoms with Crippen molar-refractivity contribution in [2.24, 2.45) is 16.7 Å². The van der Waals surface area contributed by atoms with Gasteiger partial charge in [0.1, 0.15) is 23.9 Å². The molecule has 1 N–H and O–H groups in total. The maximum atomic E-state index is 14.7. The molecule has 3 aliphatic carbocycles. The fourth-order valence-electron chi connectivity index (χ4n) is 11.7. The van der Waals surface area contributed by atoms with Gasteiger partial charge in [0, 0.05) is 30.1 Å². The molecule has 0 amide bonds. The molecule has 1 aromatic rings. The second-order valence-electron chi connectivity index (χ2n) is 18.5. The van der Waals surface area contributed by atoms with Gasteiger partial charge >= 0.3 is 11.9 Å². The van der Waals surface area contributed by atoms with Crippen LogP contribution in [0.25, 0.3) is 0 Å². The third-order valence-electron chi connectivity index (χ3n) is 15.9. The van der Waals surface area contributed by atoms with Crippen LogP contribution in [-0.2, 0) is 37.3 Å². The summed E-state index contributed by atoms with van der Waals surface area (Å²) in [5.74, 6) is -1.77. The Morgan fingerprint density at radius 3 is 2.05 bits per heavy atom. The molecule has 2 bridgehead atoms. The van der Waals surface area contributed by atoms with Gasteiger partial charge in [0.05, 0.1) is 36.4 Å². The average molecular weight is 841 g/mol. The number of ether oxygens (including phenoxy) is 5. The maximum Gasteiger partial charge on any atom is 0.338 e. The Kier molecular flexibility index (Phi) is 13.3. The largest absolute Gasteiger partial charge is 0.455 e. The van der Waals surface area contributed by atoms with E-state index in [1.54, 1.807) is 30.3 Å². The molecule has 2 aliphatic heterocycles. The Balaban J connectivity index is 1.71. The SMILES string of the molecule is C=CC1O[C@@H]2C3=C(C)[C@@H](O[Si](CC)(CC)CC)C[C@@](O)([C@@H](OC(=O)c4ccccc4)[C@@H]4[C@]5(OC(=O)CCC)CO[C@@H]5C[C@H](O[Si](CC)(CC)CC)[C@@]4(C)[C@@H]2O1)C3(C)C. The highest BCUT2D eigenvalue weighted by Crippen LogP contribution is 2.67. The smallest absolute Gasteiger partial charge is 0.338 e. The quantitative estimate of drug-likeness (QED) is 0.0981. The normalized spacial score (nSPS) is 36.7. The molecule has 11 atom stereocenters. The number of carbonyl (C=O) groups is 2.